The lowest BCUT2D eigenvalue weighted by molar-refractivity contribution is -0.146. The molecule has 4 nitrogen and oxygen atoms in total. The number of carbonyl (C=O) groups is 2. The van der Waals surface area contributed by atoms with Crippen molar-refractivity contribution in [2.75, 3.05) is 13.1 Å². The summed E-state index contributed by atoms with van der Waals surface area (Å²) in [5.41, 5.74) is -0.821. The lowest BCUT2D eigenvalue weighted by atomic mass is 9.89. The summed E-state index contributed by atoms with van der Waals surface area (Å²) in [4.78, 5) is 23.7. The maximum atomic E-state index is 11.9. The third-order valence-electron chi connectivity index (χ3n) is 3.01. The van der Waals surface area contributed by atoms with Crippen molar-refractivity contribution >= 4 is 11.8 Å². The molecular weight excluding hydrogens is 180 g/mol. The van der Waals surface area contributed by atoms with Crippen molar-refractivity contribution in [2.24, 2.45) is 10.8 Å². The first-order valence-corrected chi connectivity index (χ1v) is 4.90. The third-order valence-corrected chi connectivity index (χ3v) is 3.01. The first-order chi connectivity index (χ1) is 6.26. The monoisotopic (exact) mass is 196 g/mol. The van der Waals surface area contributed by atoms with Crippen LogP contribution in [-0.2, 0) is 9.59 Å². The van der Waals surface area contributed by atoms with E-state index in [2.05, 4.69) is 0 Å². The molecule has 14 heavy (non-hydrogen) atoms. The van der Waals surface area contributed by atoms with E-state index in [1.807, 2.05) is 27.7 Å². The fraction of sp³-hybridized carbons (Fsp3) is 0.800. The fourth-order valence-electron chi connectivity index (χ4n) is 2.12. The Kier molecular flexibility index (Phi) is 1.56. The molecule has 0 bridgehead atoms. The van der Waals surface area contributed by atoms with E-state index in [1.165, 1.54) is 0 Å². The molecule has 0 aromatic rings. The van der Waals surface area contributed by atoms with Gasteiger partial charge >= 0.3 is 0 Å². The minimum absolute atomic E-state index is 0.0661. The predicted octanol–water partition coefficient (Wildman–Crippen LogP) is 0.638. The summed E-state index contributed by atoms with van der Waals surface area (Å²) in [6.45, 7) is 8.58. The molecule has 0 N–H and O–H groups in total. The van der Waals surface area contributed by atoms with E-state index in [4.69, 9.17) is 0 Å². The van der Waals surface area contributed by atoms with Gasteiger partial charge in [-0.2, -0.15) is 0 Å². The van der Waals surface area contributed by atoms with Crippen LogP contribution in [0.1, 0.15) is 27.7 Å². The molecule has 2 amide bonds. The fourth-order valence-corrected chi connectivity index (χ4v) is 2.12. The van der Waals surface area contributed by atoms with Gasteiger partial charge in [0.05, 0.1) is 23.9 Å². The van der Waals surface area contributed by atoms with Crippen LogP contribution in [0.4, 0.5) is 0 Å². The third kappa shape index (κ3) is 0.996. The molecule has 0 aromatic carbocycles. The van der Waals surface area contributed by atoms with Crippen molar-refractivity contribution in [3.05, 3.63) is 0 Å². The SMILES string of the molecule is CC1(C)CN2C(=O)C(C)(C)CN2C1=O. The van der Waals surface area contributed by atoms with Gasteiger partial charge in [0.15, 0.2) is 0 Å². The van der Waals surface area contributed by atoms with Gasteiger partial charge in [-0.05, 0) is 27.7 Å². The zero-order valence-electron chi connectivity index (χ0n) is 9.13. The summed E-state index contributed by atoms with van der Waals surface area (Å²) >= 11 is 0. The Morgan fingerprint density at radius 3 is 1.43 bits per heavy atom. The molecule has 2 aliphatic heterocycles. The number of hydrazine groups is 1. The first kappa shape index (κ1) is 9.49. The molecule has 0 atom stereocenters. The average Bonchev–Trinajstić information content (AvgIpc) is 2.37. The molecule has 2 fully saturated rings. The molecule has 0 unspecified atom stereocenters. The average molecular weight is 196 g/mol. The van der Waals surface area contributed by atoms with E-state index in [1.54, 1.807) is 10.0 Å². The molecule has 2 saturated heterocycles. The predicted molar refractivity (Wildman–Crippen MR) is 51.0 cm³/mol. The molecule has 0 radical (unpaired) electrons. The van der Waals surface area contributed by atoms with Crippen LogP contribution >= 0.6 is 0 Å². The normalized spacial score (nSPS) is 28.6. The molecule has 2 heterocycles. The van der Waals surface area contributed by atoms with Crippen molar-refractivity contribution in [3.63, 3.8) is 0 Å². The van der Waals surface area contributed by atoms with Crippen molar-refractivity contribution in [3.8, 4) is 0 Å². The number of amides is 2. The Morgan fingerprint density at radius 1 is 0.857 bits per heavy atom. The van der Waals surface area contributed by atoms with Crippen LogP contribution in [0.5, 0.6) is 0 Å². The van der Waals surface area contributed by atoms with Gasteiger partial charge in [0.25, 0.3) is 0 Å². The molecule has 0 aromatic heterocycles. The maximum absolute atomic E-state index is 11.9. The van der Waals surface area contributed by atoms with Gasteiger partial charge in [-0.15, -0.1) is 0 Å². The number of rotatable bonds is 0. The molecule has 78 valence electrons. The van der Waals surface area contributed by atoms with Crippen LogP contribution in [-0.4, -0.2) is 34.9 Å². The minimum atomic E-state index is -0.411. The van der Waals surface area contributed by atoms with Gasteiger partial charge < -0.3 is 0 Å². The Bertz CT molecular complexity index is 288. The molecule has 2 aliphatic rings. The van der Waals surface area contributed by atoms with E-state index in [9.17, 15) is 9.59 Å². The highest BCUT2D eigenvalue weighted by Gasteiger charge is 2.55. The molecule has 2 rings (SSSR count). The standard InChI is InChI=1S/C10H16N2O2/c1-9(2)5-11-8(14)10(3,4)6-12(11)7(9)13/h5-6H2,1-4H3. The summed E-state index contributed by atoms with van der Waals surface area (Å²) in [6.07, 6.45) is 0. The van der Waals surface area contributed by atoms with Gasteiger partial charge in [0.1, 0.15) is 0 Å². The molecule has 0 spiro atoms. The second kappa shape index (κ2) is 2.30. The largest absolute Gasteiger partial charge is 0.272 e. The molecule has 0 aliphatic carbocycles. The highest BCUT2D eigenvalue weighted by Crippen LogP contribution is 2.39. The zero-order valence-corrected chi connectivity index (χ0v) is 9.13. The van der Waals surface area contributed by atoms with Gasteiger partial charge in [-0.3, -0.25) is 9.59 Å². The molecule has 4 heteroatoms. The summed E-state index contributed by atoms with van der Waals surface area (Å²) < 4.78 is 0. The summed E-state index contributed by atoms with van der Waals surface area (Å²) in [6, 6.07) is 0. The van der Waals surface area contributed by atoms with Crippen LogP contribution in [0.3, 0.4) is 0 Å². The Morgan fingerprint density at radius 2 is 1.14 bits per heavy atom. The lowest BCUT2D eigenvalue weighted by Crippen LogP contribution is -2.34. The summed E-state index contributed by atoms with van der Waals surface area (Å²) in [7, 11) is 0. The van der Waals surface area contributed by atoms with E-state index in [0.717, 1.165) is 0 Å². The van der Waals surface area contributed by atoms with Crippen molar-refractivity contribution in [2.45, 2.75) is 27.7 Å². The van der Waals surface area contributed by atoms with Crippen LogP contribution in [0.15, 0.2) is 0 Å². The van der Waals surface area contributed by atoms with E-state index >= 15 is 0 Å². The highest BCUT2D eigenvalue weighted by molar-refractivity contribution is 5.94. The van der Waals surface area contributed by atoms with E-state index < -0.39 is 10.8 Å². The van der Waals surface area contributed by atoms with Crippen LogP contribution < -0.4 is 0 Å². The number of nitrogens with zero attached hydrogens (tertiary/aromatic N) is 2. The first-order valence-electron chi connectivity index (χ1n) is 4.90. The Balaban J connectivity index is 2.34. The van der Waals surface area contributed by atoms with Crippen LogP contribution in [0.2, 0.25) is 0 Å². The summed E-state index contributed by atoms with van der Waals surface area (Å²) in [5.74, 6) is 0.132. The second-order valence-electron chi connectivity index (χ2n) is 5.49. The van der Waals surface area contributed by atoms with E-state index in [-0.39, 0.29) is 11.8 Å². The lowest BCUT2D eigenvalue weighted by Gasteiger charge is -2.18. The zero-order chi connectivity index (χ0) is 10.7. The van der Waals surface area contributed by atoms with Crippen molar-refractivity contribution in [1.29, 1.82) is 0 Å². The van der Waals surface area contributed by atoms with Gasteiger partial charge in [0, 0.05) is 0 Å². The number of carbonyl (C=O) groups excluding carboxylic acids is 2. The van der Waals surface area contributed by atoms with Crippen LogP contribution in [0, 0.1) is 10.8 Å². The van der Waals surface area contributed by atoms with Gasteiger partial charge in [0.2, 0.25) is 11.8 Å². The number of hydrogen-bond acceptors (Lipinski definition) is 2. The Labute approximate surface area is 83.8 Å². The topological polar surface area (TPSA) is 40.6 Å². The minimum Gasteiger partial charge on any atom is -0.272 e. The molecule has 0 saturated carbocycles. The highest BCUT2D eigenvalue weighted by atomic mass is 16.2. The van der Waals surface area contributed by atoms with Gasteiger partial charge in [-0.25, -0.2) is 10.0 Å². The van der Waals surface area contributed by atoms with E-state index in [0.29, 0.717) is 13.1 Å². The number of hydrogen-bond donors (Lipinski definition) is 0. The Hall–Kier alpha value is -1.06. The quantitative estimate of drug-likeness (QED) is 0.570. The second-order valence-corrected chi connectivity index (χ2v) is 5.49. The smallest absolute Gasteiger partial charge is 0.248 e. The maximum Gasteiger partial charge on any atom is 0.248 e. The summed E-state index contributed by atoms with van der Waals surface area (Å²) in [5, 5.41) is 3.20. The van der Waals surface area contributed by atoms with Gasteiger partial charge in [-0.1, -0.05) is 0 Å². The number of fused-ring (bicyclic) bond motifs is 1. The van der Waals surface area contributed by atoms with Crippen LogP contribution in [0.25, 0.3) is 0 Å². The van der Waals surface area contributed by atoms with Crippen molar-refractivity contribution < 1.29 is 9.59 Å². The van der Waals surface area contributed by atoms with Crippen molar-refractivity contribution in [1.82, 2.24) is 10.0 Å². The molecular formula is C10H16N2O2.